The van der Waals surface area contributed by atoms with E-state index >= 15 is 0 Å². The van der Waals surface area contributed by atoms with Gasteiger partial charge in [-0.1, -0.05) is 6.07 Å². The fourth-order valence-corrected chi connectivity index (χ4v) is 3.44. The van der Waals surface area contributed by atoms with Crippen molar-refractivity contribution in [3.63, 3.8) is 0 Å². The number of amides is 1. The molecule has 4 nitrogen and oxygen atoms in total. The zero-order valence-corrected chi connectivity index (χ0v) is 14.0. The predicted molar refractivity (Wildman–Crippen MR) is 92.8 cm³/mol. The number of halogens is 4. The van der Waals surface area contributed by atoms with Gasteiger partial charge in [0.25, 0.3) is 5.91 Å². The second-order valence-corrected chi connectivity index (χ2v) is 6.54. The third-order valence-electron chi connectivity index (χ3n) is 4.74. The van der Waals surface area contributed by atoms with Crippen LogP contribution in [0.15, 0.2) is 47.0 Å². The van der Waals surface area contributed by atoms with Crippen molar-refractivity contribution in [2.24, 2.45) is 0 Å². The fraction of sp³-hybridized carbons (Fsp3) is 0.100. The molecule has 3 aromatic heterocycles. The summed E-state index contributed by atoms with van der Waals surface area (Å²) in [6.45, 7) is 0. The number of fused-ring (bicyclic) bond motifs is 5. The highest BCUT2D eigenvalue weighted by Gasteiger charge is 2.38. The van der Waals surface area contributed by atoms with Crippen molar-refractivity contribution in [1.82, 2.24) is 4.98 Å². The van der Waals surface area contributed by atoms with Crippen LogP contribution in [0.5, 0.6) is 0 Å². The van der Waals surface area contributed by atoms with Gasteiger partial charge in [0.05, 0.1) is 11.1 Å². The molecule has 4 aromatic rings. The van der Waals surface area contributed by atoms with Crippen molar-refractivity contribution in [2.45, 2.75) is 12.6 Å². The van der Waals surface area contributed by atoms with E-state index in [1.807, 2.05) is 0 Å². The van der Waals surface area contributed by atoms with Gasteiger partial charge in [0, 0.05) is 41.1 Å². The lowest BCUT2D eigenvalue weighted by molar-refractivity contribution is -0.137. The maximum atomic E-state index is 13.6. The molecule has 1 aliphatic carbocycles. The predicted octanol–water partition coefficient (Wildman–Crippen LogP) is 5.25. The van der Waals surface area contributed by atoms with E-state index in [2.05, 4.69) is 10.3 Å². The number of pyridine rings is 1. The average molecular weight is 386 g/mol. The highest BCUT2D eigenvalue weighted by atomic mass is 19.4. The van der Waals surface area contributed by atoms with E-state index in [1.165, 1.54) is 24.4 Å². The normalized spacial score (nSPS) is 13.0. The van der Waals surface area contributed by atoms with Gasteiger partial charge >= 0.3 is 6.18 Å². The number of hydrogen-bond acceptors (Lipinski definition) is 3. The molecule has 1 N–H and O–H groups in total. The summed E-state index contributed by atoms with van der Waals surface area (Å²) in [6.07, 6.45) is -2.56. The first kappa shape index (κ1) is 16.7. The largest absolute Gasteiger partial charge is 0.455 e. The van der Waals surface area contributed by atoms with Gasteiger partial charge in [0.2, 0.25) is 5.95 Å². The van der Waals surface area contributed by atoms with Crippen molar-refractivity contribution in [3.05, 3.63) is 70.8 Å². The molecule has 0 saturated heterocycles. The van der Waals surface area contributed by atoms with Crippen LogP contribution < -0.4 is 5.32 Å². The Morgan fingerprint density at radius 3 is 2.64 bits per heavy atom. The second kappa shape index (κ2) is 5.54. The van der Waals surface area contributed by atoms with Crippen LogP contribution in [0.3, 0.4) is 0 Å². The Balaban J connectivity index is 1.56. The van der Waals surface area contributed by atoms with Gasteiger partial charge in [0.15, 0.2) is 0 Å². The first-order valence-electron chi connectivity index (χ1n) is 8.33. The third kappa shape index (κ3) is 2.52. The van der Waals surface area contributed by atoms with Crippen molar-refractivity contribution < 1.29 is 26.8 Å². The molecular formula is C20H10F4N2O2. The summed E-state index contributed by atoms with van der Waals surface area (Å²) in [7, 11) is 0. The molecule has 28 heavy (non-hydrogen) atoms. The molecule has 1 amide bonds. The first-order chi connectivity index (χ1) is 13.3. The maximum Gasteiger partial charge on any atom is 0.416 e. The number of nitrogens with one attached hydrogen (secondary N) is 1. The van der Waals surface area contributed by atoms with E-state index in [-0.39, 0.29) is 11.3 Å². The number of carbonyl (C=O) groups excluding carboxylic acids is 1. The Morgan fingerprint density at radius 1 is 1.11 bits per heavy atom. The minimum Gasteiger partial charge on any atom is -0.455 e. The minimum absolute atomic E-state index is 0.00552. The summed E-state index contributed by atoms with van der Waals surface area (Å²) in [6, 6.07) is 7.10. The van der Waals surface area contributed by atoms with Crippen LogP contribution in [0.4, 0.5) is 23.2 Å². The van der Waals surface area contributed by atoms with E-state index in [0.29, 0.717) is 28.7 Å². The Labute approximate surface area is 155 Å². The highest BCUT2D eigenvalue weighted by Crippen LogP contribution is 2.50. The molecule has 0 fully saturated rings. The van der Waals surface area contributed by atoms with Crippen LogP contribution in [0, 0.1) is 5.95 Å². The molecular weight excluding hydrogens is 376 g/mol. The topological polar surface area (TPSA) is 55.1 Å². The van der Waals surface area contributed by atoms with Gasteiger partial charge in [-0.25, -0.2) is 4.98 Å². The zero-order valence-electron chi connectivity index (χ0n) is 14.0. The van der Waals surface area contributed by atoms with Gasteiger partial charge in [-0.05, 0) is 29.8 Å². The van der Waals surface area contributed by atoms with Gasteiger partial charge in [-0.3, -0.25) is 4.79 Å². The number of furan rings is 2. The Bertz CT molecular complexity index is 1240. The Morgan fingerprint density at radius 2 is 1.89 bits per heavy atom. The van der Waals surface area contributed by atoms with Crippen molar-refractivity contribution in [3.8, 4) is 11.1 Å². The third-order valence-corrected chi connectivity index (χ3v) is 4.74. The van der Waals surface area contributed by atoms with Crippen LogP contribution in [-0.4, -0.2) is 10.9 Å². The number of hydrogen-bond donors (Lipinski definition) is 1. The van der Waals surface area contributed by atoms with Crippen molar-refractivity contribution in [1.29, 1.82) is 0 Å². The van der Waals surface area contributed by atoms with Crippen LogP contribution >= 0.6 is 0 Å². The van der Waals surface area contributed by atoms with Crippen LogP contribution in [0.1, 0.15) is 27.0 Å². The SMILES string of the molecule is O=C(Nc1cccc(C(F)(F)F)c1)c1c(-c2ccnc(F)c2)c2oc1c1c2C1. The number of benzene rings is 2. The molecule has 8 heteroatoms. The molecule has 0 unspecified atom stereocenters. The van der Waals surface area contributed by atoms with Crippen molar-refractivity contribution >= 4 is 22.8 Å². The van der Waals surface area contributed by atoms with E-state index < -0.39 is 23.6 Å². The quantitative estimate of drug-likeness (QED) is 0.341. The average Bonchev–Trinajstić information content (AvgIpc) is 3.25. The molecule has 0 radical (unpaired) electrons. The molecule has 0 aliphatic heterocycles. The lowest BCUT2D eigenvalue weighted by Crippen LogP contribution is -2.14. The molecule has 5 rings (SSSR count). The summed E-state index contributed by atoms with van der Waals surface area (Å²) in [5.41, 5.74) is 2.95. The Hall–Kier alpha value is -3.42. The summed E-state index contributed by atoms with van der Waals surface area (Å²) >= 11 is 0. The van der Waals surface area contributed by atoms with E-state index in [4.69, 9.17) is 4.42 Å². The molecule has 0 spiro atoms. The number of aromatic nitrogens is 1. The van der Waals surface area contributed by atoms with Crippen LogP contribution in [0.25, 0.3) is 22.3 Å². The smallest absolute Gasteiger partial charge is 0.416 e. The van der Waals surface area contributed by atoms with E-state index in [0.717, 1.165) is 23.3 Å². The maximum absolute atomic E-state index is 13.6. The summed E-state index contributed by atoms with van der Waals surface area (Å²) < 4.78 is 58.0. The van der Waals surface area contributed by atoms with E-state index in [1.54, 1.807) is 6.07 Å². The zero-order chi connectivity index (χ0) is 19.6. The first-order valence-corrected chi connectivity index (χ1v) is 8.33. The molecule has 3 heterocycles. The monoisotopic (exact) mass is 386 g/mol. The number of rotatable bonds is 3. The number of anilines is 1. The van der Waals surface area contributed by atoms with Gasteiger partial charge in [-0.2, -0.15) is 17.6 Å². The molecule has 2 bridgehead atoms. The van der Waals surface area contributed by atoms with Gasteiger partial charge < -0.3 is 9.73 Å². The number of nitrogens with zero attached hydrogens (tertiary/aromatic N) is 1. The van der Waals surface area contributed by atoms with Crippen LogP contribution in [-0.2, 0) is 12.6 Å². The molecule has 0 atom stereocenters. The lowest BCUT2D eigenvalue weighted by atomic mass is 10.00. The van der Waals surface area contributed by atoms with Crippen molar-refractivity contribution in [2.75, 3.05) is 5.32 Å². The summed E-state index contributed by atoms with van der Waals surface area (Å²) in [5, 5.41) is 2.49. The second-order valence-electron chi connectivity index (χ2n) is 6.54. The van der Waals surface area contributed by atoms with Gasteiger partial charge in [0.1, 0.15) is 11.2 Å². The summed E-state index contributed by atoms with van der Waals surface area (Å²) in [4.78, 5) is 16.4. The standard InChI is InChI=1S/C20H10F4N2O2/c21-14-6-9(4-5-25-14)15-16(18-13-8-12(13)17(15)28-18)19(27)26-11-3-1-2-10(7-11)20(22,23)24/h1-7H,8H2,(H,26,27). The lowest BCUT2D eigenvalue weighted by Gasteiger charge is -2.10. The fourth-order valence-electron chi connectivity index (χ4n) is 3.44. The number of alkyl halides is 3. The molecule has 1 aliphatic rings. The molecule has 0 saturated carbocycles. The van der Waals surface area contributed by atoms with Gasteiger partial charge in [-0.15, -0.1) is 0 Å². The minimum atomic E-state index is -4.52. The molecule has 1 aromatic carbocycles. The Kier molecular flexibility index (Phi) is 3.31. The van der Waals surface area contributed by atoms with Crippen LogP contribution in [0.2, 0.25) is 0 Å². The van der Waals surface area contributed by atoms with E-state index in [9.17, 15) is 22.4 Å². The molecule has 140 valence electrons. The number of carbonyl (C=O) groups is 1. The highest BCUT2D eigenvalue weighted by molar-refractivity contribution is 6.19. The summed E-state index contributed by atoms with van der Waals surface area (Å²) in [5.74, 6) is -1.32.